The molecule has 0 aromatic heterocycles. The zero-order valence-corrected chi connectivity index (χ0v) is 17.8. The normalized spacial score (nSPS) is 17.9. The van der Waals surface area contributed by atoms with Crippen molar-refractivity contribution >= 4 is 29.4 Å². The van der Waals surface area contributed by atoms with Gasteiger partial charge in [0.05, 0.1) is 11.3 Å². The van der Waals surface area contributed by atoms with E-state index in [0.717, 1.165) is 12.8 Å². The van der Waals surface area contributed by atoms with Crippen LogP contribution in [0.25, 0.3) is 0 Å². The SMILES string of the molecule is CC(C)(C)NC(=O)c1ccccc1NC(=O)CCCN1C(=O)NC2(CCCC2)C1=O. The van der Waals surface area contributed by atoms with Crippen LogP contribution < -0.4 is 16.0 Å². The van der Waals surface area contributed by atoms with Gasteiger partial charge in [-0.05, 0) is 52.2 Å². The Morgan fingerprint density at radius 2 is 1.80 bits per heavy atom. The van der Waals surface area contributed by atoms with E-state index in [-0.39, 0.29) is 36.7 Å². The average Bonchev–Trinajstić information content (AvgIpc) is 3.21. The first-order chi connectivity index (χ1) is 14.1. The van der Waals surface area contributed by atoms with Crippen LogP contribution in [0.4, 0.5) is 10.5 Å². The molecule has 162 valence electrons. The minimum absolute atomic E-state index is 0.138. The lowest BCUT2D eigenvalue weighted by molar-refractivity contribution is -0.131. The van der Waals surface area contributed by atoms with Crippen LogP contribution in [0, 0.1) is 0 Å². The maximum Gasteiger partial charge on any atom is 0.325 e. The zero-order valence-electron chi connectivity index (χ0n) is 17.8. The summed E-state index contributed by atoms with van der Waals surface area (Å²) in [6.07, 6.45) is 3.73. The molecule has 2 fully saturated rings. The second kappa shape index (κ2) is 8.45. The van der Waals surface area contributed by atoms with E-state index < -0.39 is 11.1 Å². The maximum absolute atomic E-state index is 12.6. The molecular formula is C22H30N4O4. The molecule has 1 spiro atoms. The third kappa shape index (κ3) is 4.80. The molecule has 2 aliphatic rings. The minimum Gasteiger partial charge on any atom is -0.347 e. The number of anilines is 1. The van der Waals surface area contributed by atoms with Gasteiger partial charge < -0.3 is 16.0 Å². The standard InChI is InChI=1S/C22H30N4O4/c1-21(2,3)24-18(28)15-9-4-5-10-16(15)23-17(27)11-8-14-26-19(29)22(25-20(26)30)12-6-7-13-22/h4-5,9-10H,6-8,11-14H2,1-3H3,(H,23,27)(H,24,28)(H,25,30). The van der Waals surface area contributed by atoms with Crippen molar-refractivity contribution in [3.63, 3.8) is 0 Å². The first-order valence-electron chi connectivity index (χ1n) is 10.5. The van der Waals surface area contributed by atoms with Gasteiger partial charge >= 0.3 is 6.03 Å². The molecule has 0 bridgehead atoms. The van der Waals surface area contributed by atoms with Crippen LogP contribution in [0.1, 0.15) is 69.7 Å². The number of hydrogen-bond donors (Lipinski definition) is 3. The van der Waals surface area contributed by atoms with Crippen LogP contribution in [0.5, 0.6) is 0 Å². The highest BCUT2D eigenvalue weighted by Crippen LogP contribution is 2.35. The summed E-state index contributed by atoms with van der Waals surface area (Å²) in [7, 11) is 0. The molecule has 1 heterocycles. The van der Waals surface area contributed by atoms with E-state index in [1.165, 1.54) is 4.90 Å². The summed E-state index contributed by atoms with van der Waals surface area (Å²) in [5.41, 5.74) is -0.297. The number of amides is 5. The average molecular weight is 415 g/mol. The van der Waals surface area contributed by atoms with Crippen molar-refractivity contribution in [1.82, 2.24) is 15.5 Å². The van der Waals surface area contributed by atoms with Gasteiger partial charge in [-0.3, -0.25) is 19.3 Å². The van der Waals surface area contributed by atoms with Gasteiger partial charge in [-0.15, -0.1) is 0 Å². The van der Waals surface area contributed by atoms with Crippen molar-refractivity contribution in [3.8, 4) is 0 Å². The third-order valence-corrected chi connectivity index (χ3v) is 5.42. The number of carbonyl (C=O) groups is 4. The zero-order chi connectivity index (χ0) is 21.9. The summed E-state index contributed by atoms with van der Waals surface area (Å²) in [6.45, 7) is 5.86. The molecule has 1 saturated heterocycles. The number of hydrogen-bond acceptors (Lipinski definition) is 4. The summed E-state index contributed by atoms with van der Waals surface area (Å²) < 4.78 is 0. The number of imide groups is 1. The molecule has 1 aromatic carbocycles. The lowest BCUT2D eigenvalue weighted by Gasteiger charge is -2.21. The Bertz CT molecular complexity index is 853. The lowest BCUT2D eigenvalue weighted by Crippen LogP contribution is -2.44. The monoisotopic (exact) mass is 414 g/mol. The summed E-state index contributed by atoms with van der Waals surface area (Å²) in [5.74, 6) is -0.706. The highest BCUT2D eigenvalue weighted by atomic mass is 16.2. The van der Waals surface area contributed by atoms with Crippen molar-refractivity contribution in [3.05, 3.63) is 29.8 Å². The van der Waals surface area contributed by atoms with E-state index >= 15 is 0 Å². The van der Waals surface area contributed by atoms with Crippen LogP contribution in [-0.4, -0.2) is 46.3 Å². The van der Waals surface area contributed by atoms with E-state index in [4.69, 9.17) is 0 Å². The van der Waals surface area contributed by atoms with Crippen molar-refractivity contribution < 1.29 is 19.2 Å². The van der Waals surface area contributed by atoms with E-state index in [0.29, 0.717) is 30.5 Å². The summed E-state index contributed by atoms with van der Waals surface area (Å²) in [4.78, 5) is 51.0. The van der Waals surface area contributed by atoms with Crippen LogP contribution in [0.15, 0.2) is 24.3 Å². The predicted molar refractivity (Wildman–Crippen MR) is 113 cm³/mol. The number of nitrogens with one attached hydrogen (secondary N) is 3. The maximum atomic E-state index is 12.6. The Kier molecular flexibility index (Phi) is 6.14. The molecule has 0 radical (unpaired) electrons. The van der Waals surface area contributed by atoms with Gasteiger partial charge in [0.25, 0.3) is 11.8 Å². The quantitative estimate of drug-likeness (QED) is 0.622. The Morgan fingerprint density at radius 1 is 1.13 bits per heavy atom. The first-order valence-corrected chi connectivity index (χ1v) is 10.5. The molecule has 3 rings (SSSR count). The van der Waals surface area contributed by atoms with Crippen molar-refractivity contribution in [1.29, 1.82) is 0 Å². The summed E-state index contributed by atoms with van der Waals surface area (Å²) >= 11 is 0. The highest BCUT2D eigenvalue weighted by molar-refractivity contribution is 6.07. The molecular weight excluding hydrogens is 384 g/mol. The molecule has 8 nitrogen and oxygen atoms in total. The van der Waals surface area contributed by atoms with E-state index in [2.05, 4.69) is 16.0 Å². The summed E-state index contributed by atoms with van der Waals surface area (Å²) in [6, 6.07) is 6.45. The highest BCUT2D eigenvalue weighted by Gasteiger charge is 2.52. The fourth-order valence-corrected chi connectivity index (χ4v) is 4.01. The Labute approximate surface area is 176 Å². The minimum atomic E-state index is -0.724. The lowest BCUT2D eigenvalue weighted by atomic mass is 9.98. The molecule has 1 aliphatic carbocycles. The van der Waals surface area contributed by atoms with E-state index in [9.17, 15) is 19.2 Å². The second-order valence-corrected chi connectivity index (χ2v) is 9.08. The Balaban J connectivity index is 1.54. The van der Waals surface area contributed by atoms with Gasteiger partial charge in [0.2, 0.25) is 5.91 Å². The Morgan fingerprint density at radius 3 is 2.47 bits per heavy atom. The molecule has 3 N–H and O–H groups in total. The van der Waals surface area contributed by atoms with Gasteiger partial charge in [-0.1, -0.05) is 25.0 Å². The van der Waals surface area contributed by atoms with Gasteiger partial charge in [0.15, 0.2) is 0 Å². The van der Waals surface area contributed by atoms with Gasteiger partial charge in [-0.2, -0.15) is 0 Å². The van der Waals surface area contributed by atoms with Crippen LogP contribution in [-0.2, 0) is 9.59 Å². The van der Waals surface area contributed by atoms with Crippen LogP contribution in [0.2, 0.25) is 0 Å². The van der Waals surface area contributed by atoms with Crippen LogP contribution >= 0.6 is 0 Å². The fourth-order valence-electron chi connectivity index (χ4n) is 4.01. The van der Waals surface area contributed by atoms with Gasteiger partial charge in [-0.25, -0.2) is 4.79 Å². The molecule has 5 amide bonds. The largest absolute Gasteiger partial charge is 0.347 e. The van der Waals surface area contributed by atoms with Crippen LogP contribution in [0.3, 0.4) is 0 Å². The van der Waals surface area contributed by atoms with Gasteiger partial charge in [0.1, 0.15) is 5.54 Å². The smallest absolute Gasteiger partial charge is 0.325 e. The second-order valence-electron chi connectivity index (χ2n) is 9.08. The fraction of sp³-hybridized carbons (Fsp3) is 0.545. The molecule has 8 heteroatoms. The Hall–Kier alpha value is -2.90. The number of benzene rings is 1. The number of rotatable bonds is 6. The summed E-state index contributed by atoms with van der Waals surface area (Å²) in [5, 5.41) is 8.49. The van der Waals surface area contributed by atoms with Crippen molar-refractivity contribution in [2.45, 2.75) is 70.4 Å². The number of urea groups is 1. The topological polar surface area (TPSA) is 108 Å². The number of carbonyl (C=O) groups excluding carboxylic acids is 4. The van der Waals surface area contributed by atoms with Crippen molar-refractivity contribution in [2.24, 2.45) is 0 Å². The van der Waals surface area contributed by atoms with E-state index in [1.54, 1.807) is 24.3 Å². The van der Waals surface area contributed by atoms with E-state index in [1.807, 2.05) is 20.8 Å². The first kappa shape index (κ1) is 21.8. The number of para-hydroxylation sites is 1. The molecule has 1 saturated carbocycles. The molecule has 30 heavy (non-hydrogen) atoms. The predicted octanol–water partition coefficient (Wildman–Crippen LogP) is 2.80. The molecule has 0 atom stereocenters. The number of nitrogens with zero attached hydrogens (tertiary/aromatic N) is 1. The molecule has 1 aromatic rings. The van der Waals surface area contributed by atoms with Gasteiger partial charge in [0, 0.05) is 18.5 Å². The molecule has 0 unspecified atom stereocenters. The third-order valence-electron chi connectivity index (χ3n) is 5.42. The molecule has 1 aliphatic heterocycles. The van der Waals surface area contributed by atoms with Crippen molar-refractivity contribution in [2.75, 3.05) is 11.9 Å².